The summed E-state index contributed by atoms with van der Waals surface area (Å²) in [7, 11) is 0. The Bertz CT molecular complexity index is 670. The topological polar surface area (TPSA) is 73.8 Å². The van der Waals surface area contributed by atoms with Gasteiger partial charge in [-0.3, -0.25) is 9.36 Å². The third-order valence-corrected chi connectivity index (χ3v) is 4.02. The zero-order chi connectivity index (χ0) is 13.6. The highest BCUT2D eigenvalue weighted by Crippen LogP contribution is 2.30. The lowest BCUT2D eigenvalue weighted by molar-refractivity contribution is -0.121. The Hall–Kier alpha value is -1.40. The summed E-state index contributed by atoms with van der Waals surface area (Å²) in [5, 5.41) is 8.73. The standard InChI is InChI=1S/C12H10BrClN4O/c13-12-17-16-10-5-7(11(15)19)3-6-4-8(14)1-2-9(6)18(10)12/h1-2,4,7H,3,5H2,(H2,15,19). The van der Waals surface area contributed by atoms with Gasteiger partial charge in [0.2, 0.25) is 10.6 Å². The fraction of sp³-hybridized carbons (Fsp3) is 0.250. The Morgan fingerprint density at radius 2 is 2.21 bits per heavy atom. The summed E-state index contributed by atoms with van der Waals surface area (Å²) in [6.07, 6.45) is 1.03. The van der Waals surface area contributed by atoms with Crippen LogP contribution in [0.5, 0.6) is 0 Å². The van der Waals surface area contributed by atoms with E-state index in [1.165, 1.54) is 0 Å². The summed E-state index contributed by atoms with van der Waals surface area (Å²) in [6, 6.07) is 5.56. The molecule has 1 aliphatic rings. The molecule has 98 valence electrons. The third kappa shape index (κ3) is 2.15. The molecule has 1 aromatic heterocycles. The maximum Gasteiger partial charge on any atom is 0.221 e. The first-order valence-electron chi connectivity index (χ1n) is 5.74. The zero-order valence-corrected chi connectivity index (χ0v) is 12.1. The number of carbonyl (C=O) groups is 1. The number of carbonyl (C=O) groups excluding carboxylic acids is 1. The van der Waals surface area contributed by atoms with Crippen molar-refractivity contribution in [2.75, 3.05) is 0 Å². The third-order valence-electron chi connectivity index (χ3n) is 3.27. The maximum absolute atomic E-state index is 11.5. The van der Waals surface area contributed by atoms with Crippen molar-refractivity contribution in [2.24, 2.45) is 11.7 Å². The summed E-state index contributed by atoms with van der Waals surface area (Å²) in [5.41, 5.74) is 7.35. The molecule has 0 bridgehead atoms. The summed E-state index contributed by atoms with van der Waals surface area (Å²) in [6.45, 7) is 0. The summed E-state index contributed by atoms with van der Waals surface area (Å²) in [4.78, 5) is 11.5. The van der Waals surface area contributed by atoms with Crippen LogP contribution in [0, 0.1) is 5.92 Å². The van der Waals surface area contributed by atoms with Crippen LogP contribution in [-0.4, -0.2) is 20.7 Å². The predicted octanol–water partition coefficient (Wildman–Crippen LogP) is 1.88. The van der Waals surface area contributed by atoms with Gasteiger partial charge in [-0.1, -0.05) is 11.6 Å². The Balaban J connectivity index is 2.24. The number of hydrogen-bond donors (Lipinski definition) is 1. The zero-order valence-electron chi connectivity index (χ0n) is 9.81. The van der Waals surface area contributed by atoms with E-state index in [9.17, 15) is 4.79 Å². The van der Waals surface area contributed by atoms with E-state index in [4.69, 9.17) is 17.3 Å². The molecule has 0 saturated heterocycles. The predicted molar refractivity (Wildman–Crippen MR) is 74.2 cm³/mol. The molecule has 0 radical (unpaired) electrons. The number of primary amides is 1. The van der Waals surface area contributed by atoms with Gasteiger partial charge in [-0.05, 0) is 46.1 Å². The van der Waals surface area contributed by atoms with Crippen LogP contribution in [-0.2, 0) is 17.6 Å². The molecule has 1 aromatic carbocycles. The molecule has 0 saturated carbocycles. The fourth-order valence-electron chi connectivity index (χ4n) is 2.36. The number of benzene rings is 1. The second kappa shape index (κ2) is 4.61. The van der Waals surface area contributed by atoms with Crippen LogP contribution in [0.2, 0.25) is 5.02 Å². The van der Waals surface area contributed by atoms with Crippen LogP contribution in [0.3, 0.4) is 0 Å². The number of hydrogen-bond acceptors (Lipinski definition) is 3. The van der Waals surface area contributed by atoms with E-state index in [1.807, 2.05) is 16.7 Å². The average molecular weight is 342 g/mol. The lowest BCUT2D eigenvalue weighted by Crippen LogP contribution is -2.26. The molecule has 0 aliphatic carbocycles. The molecule has 0 fully saturated rings. The molecule has 2 N–H and O–H groups in total. The van der Waals surface area contributed by atoms with Crippen molar-refractivity contribution in [3.8, 4) is 5.69 Å². The first-order valence-corrected chi connectivity index (χ1v) is 6.91. The second-order valence-electron chi connectivity index (χ2n) is 4.50. The average Bonchev–Trinajstić information content (AvgIpc) is 2.62. The largest absolute Gasteiger partial charge is 0.369 e. The molecule has 5 nitrogen and oxygen atoms in total. The van der Waals surface area contributed by atoms with Crippen molar-refractivity contribution in [1.29, 1.82) is 0 Å². The highest BCUT2D eigenvalue weighted by Gasteiger charge is 2.27. The van der Waals surface area contributed by atoms with Gasteiger partial charge in [0.25, 0.3) is 0 Å². The van der Waals surface area contributed by atoms with Crippen molar-refractivity contribution in [3.05, 3.63) is 39.3 Å². The molecule has 7 heteroatoms. The molecule has 1 aliphatic heterocycles. The van der Waals surface area contributed by atoms with Crippen LogP contribution < -0.4 is 5.73 Å². The SMILES string of the molecule is NC(=O)C1Cc2cc(Cl)ccc2-n2c(Br)nnc2C1. The van der Waals surface area contributed by atoms with E-state index in [-0.39, 0.29) is 11.8 Å². The van der Waals surface area contributed by atoms with Crippen molar-refractivity contribution in [3.63, 3.8) is 0 Å². The molecule has 0 spiro atoms. The molecule has 3 rings (SSSR count). The van der Waals surface area contributed by atoms with Crippen molar-refractivity contribution in [2.45, 2.75) is 12.8 Å². The van der Waals surface area contributed by atoms with Gasteiger partial charge in [0, 0.05) is 17.4 Å². The molecule has 19 heavy (non-hydrogen) atoms. The highest BCUT2D eigenvalue weighted by atomic mass is 79.9. The number of fused-ring (bicyclic) bond motifs is 3. The Morgan fingerprint density at radius 3 is 2.95 bits per heavy atom. The lowest BCUT2D eigenvalue weighted by atomic mass is 9.96. The van der Waals surface area contributed by atoms with E-state index in [2.05, 4.69) is 26.1 Å². The van der Waals surface area contributed by atoms with E-state index >= 15 is 0 Å². The van der Waals surface area contributed by atoms with Crippen LogP contribution in [0.25, 0.3) is 5.69 Å². The molecule has 1 atom stereocenters. The van der Waals surface area contributed by atoms with E-state index in [0.29, 0.717) is 22.6 Å². The van der Waals surface area contributed by atoms with Gasteiger partial charge in [0.1, 0.15) is 5.82 Å². The summed E-state index contributed by atoms with van der Waals surface area (Å²) in [5.74, 6) is 0.0878. The fourth-order valence-corrected chi connectivity index (χ4v) is 3.03. The number of nitrogens with zero attached hydrogens (tertiary/aromatic N) is 3. The summed E-state index contributed by atoms with van der Waals surface area (Å²) < 4.78 is 2.49. The normalized spacial score (nSPS) is 17.5. The van der Waals surface area contributed by atoms with Crippen molar-refractivity contribution >= 4 is 33.4 Å². The molecule has 2 heterocycles. The smallest absolute Gasteiger partial charge is 0.221 e. The van der Waals surface area contributed by atoms with Crippen LogP contribution in [0.15, 0.2) is 22.9 Å². The first-order chi connectivity index (χ1) is 9.06. The number of rotatable bonds is 1. The lowest BCUT2D eigenvalue weighted by Gasteiger charge is -2.10. The number of aromatic nitrogens is 3. The molecular weight excluding hydrogens is 332 g/mol. The highest BCUT2D eigenvalue weighted by molar-refractivity contribution is 9.10. The first kappa shape index (κ1) is 12.6. The van der Waals surface area contributed by atoms with Crippen molar-refractivity contribution < 1.29 is 4.79 Å². The van der Waals surface area contributed by atoms with Crippen LogP contribution in [0.4, 0.5) is 0 Å². The van der Waals surface area contributed by atoms with Crippen LogP contribution >= 0.6 is 27.5 Å². The van der Waals surface area contributed by atoms with Gasteiger partial charge in [0.05, 0.1) is 5.69 Å². The van der Waals surface area contributed by atoms with Gasteiger partial charge in [-0.25, -0.2) is 0 Å². The molecular formula is C12H10BrClN4O. The Morgan fingerprint density at radius 1 is 1.42 bits per heavy atom. The van der Waals surface area contributed by atoms with Gasteiger partial charge in [-0.15, -0.1) is 10.2 Å². The molecule has 1 amide bonds. The van der Waals surface area contributed by atoms with E-state index < -0.39 is 0 Å². The number of nitrogens with two attached hydrogens (primary N) is 1. The van der Waals surface area contributed by atoms with Gasteiger partial charge in [0.15, 0.2) is 0 Å². The quantitative estimate of drug-likeness (QED) is 0.860. The maximum atomic E-state index is 11.5. The monoisotopic (exact) mass is 340 g/mol. The molecule has 1 unspecified atom stereocenters. The Labute approximate surface area is 122 Å². The minimum Gasteiger partial charge on any atom is -0.369 e. The summed E-state index contributed by atoms with van der Waals surface area (Å²) >= 11 is 9.40. The minimum absolute atomic E-state index is 0.297. The number of halogens is 2. The van der Waals surface area contributed by atoms with Gasteiger partial charge in [-0.2, -0.15) is 0 Å². The van der Waals surface area contributed by atoms with E-state index in [1.54, 1.807) is 6.07 Å². The Kier molecular flexibility index (Phi) is 3.06. The van der Waals surface area contributed by atoms with Crippen molar-refractivity contribution in [1.82, 2.24) is 14.8 Å². The molecule has 2 aromatic rings. The number of amides is 1. The minimum atomic E-state index is -0.335. The van der Waals surface area contributed by atoms with E-state index in [0.717, 1.165) is 17.1 Å². The second-order valence-corrected chi connectivity index (χ2v) is 5.65. The van der Waals surface area contributed by atoms with Crippen LogP contribution in [0.1, 0.15) is 11.4 Å². The van der Waals surface area contributed by atoms with Gasteiger partial charge >= 0.3 is 0 Å². The van der Waals surface area contributed by atoms with Gasteiger partial charge < -0.3 is 5.73 Å².